The van der Waals surface area contributed by atoms with Crippen LogP contribution in [0.25, 0.3) is 0 Å². The van der Waals surface area contributed by atoms with Crippen molar-refractivity contribution in [2.24, 2.45) is 5.41 Å². The first kappa shape index (κ1) is 15.3. The highest BCUT2D eigenvalue weighted by Crippen LogP contribution is 2.34. The fourth-order valence-electron chi connectivity index (χ4n) is 2.81. The molecule has 3 nitrogen and oxygen atoms in total. The normalized spacial score (nSPS) is 18.9. The number of nitrogens with one attached hydrogen (secondary N) is 1. The molecule has 1 aromatic heterocycles. The minimum absolute atomic E-state index is 0.564. The average Bonchev–Trinajstić information content (AvgIpc) is 2.49. The predicted octanol–water partition coefficient (Wildman–Crippen LogP) is 3.92. The summed E-state index contributed by atoms with van der Waals surface area (Å²) in [5, 5.41) is 3.44. The van der Waals surface area contributed by atoms with Gasteiger partial charge in [0.1, 0.15) is 5.82 Å². The average molecular weight is 275 g/mol. The Morgan fingerprint density at radius 3 is 2.70 bits per heavy atom. The molecule has 2 rings (SSSR count). The van der Waals surface area contributed by atoms with Crippen molar-refractivity contribution in [1.82, 2.24) is 9.88 Å². The number of rotatable bonds is 6. The first-order valence-electron chi connectivity index (χ1n) is 8.07. The second kappa shape index (κ2) is 7.07. The molecule has 0 atom stereocenters. The number of aromatic nitrogens is 1. The Labute approximate surface area is 123 Å². The molecule has 1 aliphatic heterocycles. The van der Waals surface area contributed by atoms with Gasteiger partial charge in [-0.2, -0.15) is 0 Å². The van der Waals surface area contributed by atoms with Crippen molar-refractivity contribution in [1.29, 1.82) is 0 Å². The van der Waals surface area contributed by atoms with E-state index in [0.717, 1.165) is 25.3 Å². The van der Waals surface area contributed by atoms with Gasteiger partial charge in [0.15, 0.2) is 0 Å². The van der Waals surface area contributed by atoms with Gasteiger partial charge in [-0.05, 0) is 43.8 Å². The number of hydrogen-bond acceptors (Lipinski definition) is 3. The minimum Gasteiger partial charge on any atom is -0.370 e. The molecule has 0 unspecified atom stereocenters. The lowest BCUT2D eigenvalue weighted by Gasteiger charge is -2.39. The van der Waals surface area contributed by atoms with Crippen LogP contribution in [0.2, 0.25) is 0 Å². The Morgan fingerprint density at radius 2 is 2.05 bits per heavy atom. The molecule has 1 aromatic rings. The quantitative estimate of drug-likeness (QED) is 0.853. The van der Waals surface area contributed by atoms with Gasteiger partial charge in [-0.3, -0.25) is 4.90 Å². The predicted molar refractivity (Wildman–Crippen MR) is 85.9 cm³/mol. The van der Waals surface area contributed by atoms with Crippen LogP contribution in [0.5, 0.6) is 0 Å². The van der Waals surface area contributed by atoms with Gasteiger partial charge in [0, 0.05) is 24.8 Å². The highest BCUT2D eigenvalue weighted by atomic mass is 15.1. The van der Waals surface area contributed by atoms with Crippen molar-refractivity contribution < 1.29 is 0 Å². The van der Waals surface area contributed by atoms with E-state index in [1.807, 2.05) is 12.3 Å². The Hall–Kier alpha value is -1.09. The second-order valence-corrected chi connectivity index (χ2v) is 6.38. The standard InChI is InChI=1S/C17H29N3/c1-4-10-18-16-15(7-6-11-19-16)14-20-12-8-17(3,5-2)9-13-20/h6-7,11H,4-5,8-10,12-14H2,1-3H3,(H,18,19). The number of pyridine rings is 1. The third kappa shape index (κ3) is 3.95. The van der Waals surface area contributed by atoms with E-state index < -0.39 is 0 Å². The molecule has 112 valence electrons. The van der Waals surface area contributed by atoms with Gasteiger partial charge < -0.3 is 5.32 Å². The van der Waals surface area contributed by atoms with Gasteiger partial charge in [-0.25, -0.2) is 4.98 Å². The molecular formula is C17H29N3. The molecule has 3 heteroatoms. The van der Waals surface area contributed by atoms with Crippen LogP contribution in [-0.2, 0) is 6.54 Å². The fraction of sp³-hybridized carbons (Fsp3) is 0.706. The van der Waals surface area contributed by atoms with Gasteiger partial charge >= 0.3 is 0 Å². The van der Waals surface area contributed by atoms with Crippen LogP contribution in [-0.4, -0.2) is 29.5 Å². The number of anilines is 1. The van der Waals surface area contributed by atoms with Crippen LogP contribution < -0.4 is 5.32 Å². The van der Waals surface area contributed by atoms with E-state index in [1.165, 1.54) is 37.9 Å². The van der Waals surface area contributed by atoms with Gasteiger partial charge in [0.05, 0.1) is 0 Å². The van der Waals surface area contributed by atoms with Crippen LogP contribution in [0.3, 0.4) is 0 Å². The topological polar surface area (TPSA) is 28.2 Å². The lowest BCUT2D eigenvalue weighted by atomic mass is 9.78. The van der Waals surface area contributed by atoms with Crippen LogP contribution in [0.15, 0.2) is 18.3 Å². The Morgan fingerprint density at radius 1 is 1.30 bits per heavy atom. The first-order valence-corrected chi connectivity index (χ1v) is 8.07. The highest BCUT2D eigenvalue weighted by Gasteiger charge is 2.28. The maximum atomic E-state index is 4.49. The van der Waals surface area contributed by atoms with Gasteiger partial charge in [0.2, 0.25) is 0 Å². The molecule has 0 spiro atoms. The molecule has 1 fully saturated rings. The minimum atomic E-state index is 0.564. The molecule has 0 bridgehead atoms. The molecule has 20 heavy (non-hydrogen) atoms. The molecule has 1 saturated heterocycles. The molecular weight excluding hydrogens is 246 g/mol. The third-order valence-electron chi connectivity index (χ3n) is 4.74. The number of nitrogens with zero attached hydrogens (tertiary/aromatic N) is 2. The molecule has 1 aliphatic rings. The zero-order valence-corrected chi connectivity index (χ0v) is 13.3. The molecule has 0 amide bonds. The van der Waals surface area contributed by atoms with Crippen LogP contribution in [0.1, 0.15) is 52.0 Å². The lowest BCUT2D eigenvalue weighted by molar-refractivity contribution is 0.110. The number of hydrogen-bond donors (Lipinski definition) is 1. The molecule has 0 radical (unpaired) electrons. The van der Waals surface area contributed by atoms with Crippen molar-refractivity contribution in [3.8, 4) is 0 Å². The molecule has 2 heterocycles. The summed E-state index contributed by atoms with van der Waals surface area (Å²) in [6, 6.07) is 4.26. The maximum Gasteiger partial charge on any atom is 0.130 e. The first-order chi connectivity index (χ1) is 9.67. The smallest absolute Gasteiger partial charge is 0.130 e. The van der Waals surface area contributed by atoms with Crippen molar-refractivity contribution in [3.63, 3.8) is 0 Å². The van der Waals surface area contributed by atoms with E-state index in [4.69, 9.17) is 0 Å². The zero-order chi connectivity index (χ0) is 14.4. The lowest BCUT2D eigenvalue weighted by Crippen LogP contribution is -2.38. The maximum absolute atomic E-state index is 4.49. The second-order valence-electron chi connectivity index (χ2n) is 6.38. The van der Waals surface area contributed by atoms with E-state index in [1.54, 1.807) is 0 Å². The van der Waals surface area contributed by atoms with Crippen molar-refractivity contribution in [2.45, 2.75) is 53.0 Å². The monoisotopic (exact) mass is 275 g/mol. The van der Waals surface area contributed by atoms with E-state index in [-0.39, 0.29) is 0 Å². The van der Waals surface area contributed by atoms with Crippen LogP contribution in [0, 0.1) is 5.41 Å². The highest BCUT2D eigenvalue weighted by molar-refractivity contribution is 5.43. The molecule has 0 aliphatic carbocycles. The Bertz CT molecular complexity index is 408. The van der Waals surface area contributed by atoms with E-state index in [2.05, 4.69) is 42.0 Å². The van der Waals surface area contributed by atoms with Gasteiger partial charge in [-0.15, -0.1) is 0 Å². The zero-order valence-electron chi connectivity index (χ0n) is 13.3. The fourth-order valence-corrected chi connectivity index (χ4v) is 2.81. The summed E-state index contributed by atoms with van der Waals surface area (Å²) in [5.41, 5.74) is 1.90. The summed E-state index contributed by atoms with van der Waals surface area (Å²) in [4.78, 5) is 7.06. The summed E-state index contributed by atoms with van der Waals surface area (Å²) in [5.74, 6) is 1.07. The van der Waals surface area contributed by atoms with Crippen molar-refractivity contribution in [2.75, 3.05) is 25.0 Å². The largest absolute Gasteiger partial charge is 0.370 e. The third-order valence-corrected chi connectivity index (χ3v) is 4.74. The number of piperidine rings is 1. The van der Waals surface area contributed by atoms with Crippen molar-refractivity contribution in [3.05, 3.63) is 23.9 Å². The SMILES string of the molecule is CCCNc1ncccc1CN1CCC(C)(CC)CC1. The summed E-state index contributed by atoms with van der Waals surface area (Å²) in [7, 11) is 0. The summed E-state index contributed by atoms with van der Waals surface area (Å²) >= 11 is 0. The van der Waals surface area contributed by atoms with Crippen molar-refractivity contribution >= 4 is 5.82 Å². The summed E-state index contributed by atoms with van der Waals surface area (Å²) < 4.78 is 0. The Kier molecular flexibility index (Phi) is 5.41. The summed E-state index contributed by atoms with van der Waals surface area (Å²) in [6.45, 7) is 11.4. The van der Waals surface area contributed by atoms with Gasteiger partial charge in [-0.1, -0.05) is 33.3 Å². The van der Waals surface area contributed by atoms with E-state index in [9.17, 15) is 0 Å². The van der Waals surface area contributed by atoms with Gasteiger partial charge in [0.25, 0.3) is 0 Å². The van der Waals surface area contributed by atoms with E-state index in [0.29, 0.717) is 5.41 Å². The molecule has 0 saturated carbocycles. The summed E-state index contributed by atoms with van der Waals surface area (Å²) in [6.07, 6.45) is 6.96. The van der Waals surface area contributed by atoms with E-state index >= 15 is 0 Å². The molecule has 0 aromatic carbocycles. The van der Waals surface area contributed by atoms with Crippen LogP contribution >= 0.6 is 0 Å². The van der Waals surface area contributed by atoms with Crippen LogP contribution in [0.4, 0.5) is 5.82 Å². The molecule has 1 N–H and O–H groups in total. The number of likely N-dealkylation sites (tertiary alicyclic amines) is 1. The Balaban J connectivity index is 1.94.